The van der Waals surface area contributed by atoms with E-state index in [9.17, 15) is 13.2 Å². The van der Waals surface area contributed by atoms with Crippen molar-refractivity contribution in [3.05, 3.63) is 42.0 Å². The Morgan fingerprint density at radius 2 is 1.65 bits per heavy atom. The predicted molar refractivity (Wildman–Crippen MR) is 120 cm³/mol. The number of nitrogens with zero attached hydrogens (tertiary/aromatic N) is 1. The lowest BCUT2D eigenvalue weighted by atomic mass is 10.1. The number of rotatable bonds is 9. The summed E-state index contributed by atoms with van der Waals surface area (Å²) in [6, 6.07) is 10.0. The van der Waals surface area contributed by atoms with Gasteiger partial charge in [-0.15, -0.1) is 0 Å². The van der Waals surface area contributed by atoms with Crippen LogP contribution in [0.2, 0.25) is 0 Å². The minimum absolute atomic E-state index is 0.135. The third-order valence-electron chi connectivity index (χ3n) is 4.66. The molecule has 1 saturated heterocycles. The van der Waals surface area contributed by atoms with Gasteiger partial charge in [0.1, 0.15) is 0 Å². The second kappa shape index (κ2) is 9.91. The van der Waals surface area contributed by atoms with E-state index in [1.165, 1.54) is 4.31 Å². The van der Waals surface area contributed by atoms with Gasteiger partial charge in [-0.05, 0) is 57.5 Å². The number of ether oxygens (including phenoxy) is 3. The third kappa shape index (κ3) is 5.22. The molecule has 9 heteroatoms. The highest BCUT2D eigenvalue weighted by Crippen LogP contribution is 2.39. The maximum Gasteiger partial charge on any atom is 0.255 e. The molecule has 31 heavy (non-hydrogen) atoms. The number of carbonyl (C=O) groups is 1. The van der Waals surface area contributed by atoms with E-state index in [2.05, 4.69) is 5.32 Å². The van der Waals surface area contributed by atoms with Crippen LogP contribution in [-0.2, 0) is 10.0 Å². The second-order valence-corrected chi connectivity index (χ2v) is 8.86. The van der Waals surface area contributed by atoms with E-state index in [4.69, 9.17) is 14.2 Å². The topological polar surface area (TPSA) is 94.2 Å². The second-order valence-electron chi connectivity index (χ2n) is 6.85. The number of carbonyl (C=O) groups excluding carboxylic acids is 1. The first kappa shape index (κ1) is 22.7. The molecule has 0 saturated carbocycles. The van der Waals surface area contributed by atoms with Crippen LogP contribution >= 0.6 is 0 Å². The smallest absolute Gasteiger partial charge is 0.255 e. The van der Waals surface area contributed by atoms with Crippen molar-refractivity contribution in [2.75, 3.05) is 41.7 Å². The van der Waals surface area contributed by atoms with Gasteiger partial charge in [-0.1, -0.05) is 6.07 Å². The Bertz CT molecular complexity index is 1010. The minimum atomic E-state index is -3.30. The zero-order valence-electron chi connectivity index (χ0n) is 18.0. The number of sulfonamides is 1. The van der Waals surface area contributed by atoms with Gasteiger partial charge in [0, 0.05) is 17.8 Å². The Labute approximate surface area is 183 Å². The lowest BCUT2D eigenvalue weighted by Crippen LogP contribution is -2.25. The molecule has 0 atom stereocenters. The first-order valence-electron chi connectivity index (χ1n) is 10.4. The Hall–Kier alpha value is -2.94. The Morgan fingerprint density at radius 3 is 2.19 bits per heavy atom. The third-order valence-corrected chi connectivity index (χ3v) is 6.53. The molecular formula is C22H28N2O6S. The molecule has 1 aliphatic heterocycles. The standard InChI is InChI=1S/C22H28N2O6S/c1-4-28-19-13-16(14-20(29-5-2)21(19)30-6-3)22(25)23-17-9-7-10-18(15-17)24-11-8-12-31(24,26)27/h7,9-10,13-15H,4-6,8,11-12H2,1-3H3,(H,23,25). The molecule has 2 aromatic carbocycles. The number of benzene rings is 2. The summed E-state index contributed by atoms with van der Waals surface area (Å²) in [7, 11) is -3.30. The highest BCUT2D eigenvalue weighted by atomic mass is 32.2. The van der Waals surface area contributed by atoms with Crippen molar-refractivity contribution < 1.29 is 27.4 Å². The molecular weight excluding hydrogens is 420 g/mol. The summed E-state index contributed by atoms with van der Waals surface area (Å²) in [5, 5.41) is 2.83. The van der Waals surface area contributed by atoms with Gasteiger partial charge in [0.25, 0.3) is 5.91 Å². The van der Waals surface area contributed by atoms with E-state index in [0.717, 1.165) is 0 Å². The lowest BCUT2D eigenvalue weighted by molar-refractivity contribution is 0.102. The summed E-state index contributed by atoms with van der Waals surface area (Å²) in [5.74, 6) is 1.08. The van der Waals surface area contributed by atoms with Gasteiger partial charge in [-0.3, -0.25) is 9.10 Å². The first-order valence-corrected chi connectivity index (χ1v) is 12.0. The van der Waals surface area contributed by atoms with Gasteiger partial charge in [-0.2, -0.15) is 0 Å². The summed E-state index contributed by atoms with van der Waals surface area (Å²) < 4.78 is 42.8. The van der Waals surface area contributed by atoms with Crippen LogP contribution in [0.4, 0.5) is 11.4 Å². The molecule has 1 amide bonds. The zero-order chi connectivity index (χ0) is 22.4. The summed E-state index contributed by atoms with van der Waals surface area (Å²) in [6.07, 6.45) is 0.589. The monoisotopic (exact) mass is 448 g/mol. The fraction of sp³-hybridized carbons (Fsp3) is 0.409. The average Bonchev–Trinajstić information content (AvgIpc) is 3.09. The van der Waals surface area contributed by atoms with Gasteiger partial charge in [0.15, 0.2) is 11.5 Å². The fourth-order valence-electron chi connectivity index (χ4n) is 3.39. The van der Waals surface area contributed by atoms with Crippen LogP contribution in [0.5, 0.6) is 17.2 Å². The predicted octanol–water partition coefficient (Wildman–Crippen LogP) is 3.67. The summed E-state index contributed by atoms with van der Waals surface area (Å²) >= 11 is 0. The van der Waals surface area contributed by atoms with Crippen LogP contribution < -0.4 is 23.8 Å². The molecule has 1 fully saturated rings. The Kier molecular flexibility index (Phi) is 7.27. The van der Waals surface area contributed by atoms with E-state index in [1.54, 1.807) is 36.4 Å². The molecule has 0 unspecified atom stereocenters. The quantitative estimate of drug-likeness (QED) is 0.629. The van der Waals surface area contributed by atoms with Gasteiger partial charge in [0.05, 0.1) is 31.3 Å². The molecule has 8 nitrogen and oxygen atoms in total. The van der Waals surface area contributed by atoms with Crippen LogP contribution in [0, 0.1) is 0 Å². The van der Waals surface area contributed by atoms with E-state index in [-0.39, 0.29) is 11.7 Å². The van der Waals surface area contributed by atoms with Gasteiger partial charge in [-0.25, -0.2) is 8.42 Å². The summed E-state index contributed by atoms with van der Waals surface area (Å²) in [5.41, 5.74) is 1.37. The lowest BCUT2D eigenvalue weighted by Gasteiger charge is -2.18. The van der Waals surface area contributed by atoms with Crippen LogP contribution in [0.25, 0.3) is 0 Å². The normalized spacial score (nSPS) is 14.9. The molecule has 0 aliphatic carbocycles. The summed E-state index contributed by atoms with van der Waals surface area (Å²) in [6.45, 7) is 7.24. The number of amides is 1. The van der Waals surface area contributed by atoms with Crippen LogP contribution in [0.15, 0.2) is 36.4 Å². The van der Waals surface area contributed by atoms with E-state index in [0.29, 0.717) is 67.0 Å². The van der Waals surface area contributed by atoms with Crippen molar-refractivity contribution in [1.82, 2.24) is 0 Å². The van der Waals surface area contributed by atoms with Gasteiger partial charge in [0.2, 0.25) is 15.8 Å². The minimum Gasteiger partial charge on any atom is -0.490 e. The molecule has 2 aromatic rings. The van der Waals surface area contributed by atoms with Crippen molar-refractivity contribution >= 4 is 27.3 Å². The highest BCUT2D eigenvalue weighted by molar-refractivity contribution is 7.93. The maximum absolute atomic E-state index is 13.0. The van der Waals surface area contributed by atoms with E-state index >= 15 is 0 Å². The van der Waals surface area contributed by atoms with Gasteiger partial charge < -0.3 is 19.5 Å². The number of hydrogen-bond donors (Lipinski definition) is 1. The van der Waals surface area contributed by atoms with Gasteiger partial charge >= 0.3 is 0 Å². The molecule has 1 N–H and O–H groups in total. The molecule has 168 valence electrons. The van der Waals surface area contributed by atoms with E-state index in [1.807, 2.05) is 20.8 Å². The average molecular weight is 449 g/mol. The maximum atomic E-state index is 13.0. The van der Waals surface area contributed by atoms with Crippen LogP contribution in [-0.4, -0.2) is 46.4 Å². The van der Waals surface area contributed by atoms with Crippen molar-refractivity contribution in [2.45, 2.75) is 27.2 Å². The van der Waals surface area contributed by atoms with Crippen molar-refractivity contribution in [3.63, 3.8) is 0 Å². The zero-order valence-corrected chi connectivity index (χ0v) is 18.8. The molecule has 1 heterocycles. The molecule has 0 radical (unpaired) electrons. The first-order chi connectivity index (χ1) is 14.9. The molecule has 0 aromatic heterocycles. The molecule has 1 aliphatic rings. The van der Waals surface area contributed by atoms with Crippen molar-refractivity contribution in [2.24, 2.45) is 0 Å². The molecule has 0 bridgehead atoms. The molecule has 0 spiro atoms. The van der Waals surface area contributed by atoms with Crippen molar-refractivity contribution in [1.29, 1.82) is 0 Å². The van der Waals surface area contributed by atoms with E-state index < -0.39 is 10.0 Å². The number of anilines is 2. The Morgan fingerprint density at radius 1 is 1.00 bits per heavy atom. The SMILES string of the molecule is CCOc1cc(C(=O)Nc2cccc(N3CCCS3(=O)=O)c2)cc(OCC)c1OCC. The van der Waals surface area contributed by atoms with Crippen molar-refractivity contribution in [3.8, 4) is 17.2 Å². The fourth-order valence-corrected chi connectivity index (χ4v) is 4.95. The Balaban J connectivity index is 1.88. The molecule has 3 rings (SSSR count). The highest BCUT2D eigenvalue weighted by Gasteiger charge is 2.28. The summed E-state index contributed by atoms with van der Waals surface area (Å²) in [4.78, 5) is 13.0. The van der Waals surface area contributed by atoms with Crippen LogP contribution in [0.3, 0.4) is 0 Å². The number of hydrogen-bond acceptors (Lipinski definition) is 6. The van der Waals surface area contributed by atoms with Crippen LogP contribution in [0.1, 0.15) is 37.6 Å². The largest absolute Gasteiger partial charge is 0.490 e. The number of nitrogens with one attached hydrogen (secondary N) is 1.